The summed E-state index contributed by atoms with van der Waals surface area (Å²) in [5.74, 6) is -3.19. The number of hydrogen-bond donors (Lipinski definition) is 26. The molecule has 47 heteroatoms. The van der Waals surface area contributed by atoms with Gasteiger partial charge in [0, 0.05) is 11.8 Å². The molecule has 0 aromatic rings. The van der Waals surface area contributed by atoms with E-state index >= 15 is 4.79 Å². The van der Waals surface area contributed by atoms with Crippen LogP contribution >= 0.6 is 0 Å². The third-order valence-corrected chi connectivity index (χ3v) is 33.5. The van der Waals surface area contributed by atoms with Crippen molar-refractivity contribution >= 4 is 11.9 Å². The van der Waals surface area contributed by atoms with Gasteiger partial charge in [-0.3, -0.25) is 4.79 Å². The number of allylic oxidation sites excluding steroid dienone is 3. The molecule has 14 rings (SSSR count). The molecule has 0 amide bonds. The van der Waals surface area contributed by atoms with E-state index < -0.39 is 379 Å². The van der Waals surface area contributed by atoms with E-state index in [1.54, 1.807) is 6.92 Å². The van der Waals surface area contributed by atoms with E-state index in [9.17, 15) is 138 Å². The van der Waals surface area contributed by atoms with Crippen molar-refractivity contribution in [2.75, 3.05) is 46.2 Å². The average molecular weight is 2010 g/mol. The maximum absolute atomic E-state index is 16.8. The molecule has 14 aliphatic rings. The average Bonchev–Trinajstić information content (AvgIpc) is 0.693. The third kappa shape index (κ3) is 20.8. The molecule has 0 unspecified atom stereocenters. The SMILES string of the molecule is C=C[C@](C)(CC/C=C(\CO)C(=O)O[C@H]1C[C@]2(C(=O)O[C@@H]3O[C@H](CO)[C@@H](O)[C@H](O)[C@H]3O[C@@H]3O[C@@H](C)[C@H](O[C@@H]4O[C@@H](CO)[C@H](O)[C@H]4O)[C@@H](O[C@@H]4O[C@H](CO)[C@@H](O)[C@H](O)[C@H]4O)[C@H]3O)CC[C@]3(C)C(=CC[C@@H]4[C@@]5(C)CC[C@H](O[C@@H]6O[C@H](CO[C@@H]7O[C@H](C)[C@H](O)[C@H](O)[C@H]7O[C@@H]7OC[C@@H](O)[C@H](O)[C@H]7O)[C@@H](O)[C@H](O)[C@H]6O[C@@H]6O[C@H](CO)[C@@H](O)[C@H](O)[C@H]6O)C(C)(C)[C@@H]5CC[C@]43C)[C@@H]2CC1(C)C)O[C@@H]1O[C@H](C)[C@@H](O)[C@H](O)[C@H]1O. The Kier molecular flexibility index (Phi) is 34.8. The second kappa shape index (κ2) is 43.6. The van der Waals surface area contributed by atoms with E-state index in [1.165, 1.54) is 32.9 Å². The zero-order chi connectivity index (χ0) is 102. The molecular weight excluding hydrogens is 1860 g/mol. The van der Waals surface area contributed by atoms with Gasteiger partial charge in [-0.25, -0.2) is 4.79 Å². The van der Waals surface area contributed by atoms with Gasteiger partial charge in [-0.1, -0.05) is 72.3 Å². The van der Waals surface area contributed by atoms with Gasteiger partial charge in [-0.2, -0.15) is 0 Å². The van der Waals surface area contributed by atoms with Crippen molar-refractivity contribution in [3.8, 4) is 0 Å². The second-order valence-electron chi connectivity index (χ2n) is 42.7. The van der Waals surface area contributed by atoms with Gasteiger partial charge in [0.1, 0.15) is 189 Å². The fourth-order valence-electron chi connectivity index (χ4n) is 24.4. The zero-order valence-electron chi connectivity index (χ0n) is 79.6. The summed E-state index contributed by atoms with van der Waals surface area (Å²) in [5, 5.41) is 288. The van der Waals surface area contributed by atoms with Crippen molar-refractivity contribution in [3.63, 3.8) is 0 Å². The van der Waals surface area contributed by atoms with Crippen molar-refractivity contribution in [1.29, 1.82) is 0 Å². The number of ether oxygens (including phenoxy) is 19. The summed E-state index contributed by atoms with van der Waals surface area (Å²) in [6, 6.07) is 0. The third-order valence-electron chi connectivity index (χ3n) is 33.5. The quantitative estimate of drug-likeness (QED) is 0.0137. The fourth-order valence-corrected chi connectivity index (χ4v) is 24.4. The van der Waals surface area contributed by atoms with Gasteiger partial charge in [0.2, 0.25) is 6.29 Å². The highest BCUT2D eigenvalue weighted by Gasteiger charge is 2.73. The number of aliphatic hydroxyl groups is 26. The summed E-state index contributed by atoms with van der Waals surface area (Å²) in [4.78, 5) is 31.8. The molecular formula is C92H148O47. The molecule has 798 valence electrons. The highest BCUT2D eigenvalue weighted by Crippen LogP contribution is 2.76. The van der Waals surface area contributed by atoms with Gasteiger partial charge < -0.3 is 223 Å². The zero-order valence-corrected chi connectivity index (χ0v) is 79.6. The van der Waals surface area contributed by atoms with Crippen LogP contribution in [0.2, 0.25) is 0 Å². The molecule has 0 spiro atoms. The lowest BCUT2D eigenvalue weighted by Gasteiger charge is -2.71. The molecule has 26 N–H and O–H groups in total. The molecule has 0 radical (unpaired) electrons. The maximum atomic E-state index is 16.8. The van der Waals surface area contributed by atoms with Gasteiger partial charge in [0.15, 0.2) is 56.4 Å². The van der Waals surface area contributed by atoms with Crippen LogP contribution in [0.15, 0.2) is 36.0 Å². The standard InChI is InChI=1S/C92H148O47/c1-13-88(9,139-81-68(117)58(107)50(99)34(2)123-81)20-14-15-37(27-93)75(119)131-49-26-92(85(120)138-84-74(62(111)55(104)43(30-96)129-84)137-80-69(118)71(134-78-66(115)59(108)53(102)41(28-94)126-78)70(36(4)125-80)133-77-65(114)56(105)44(31-97)128-77)24-23-90(11)38(39(92)25-86(49,5)6)16-17-47-89(10)21-19-48(87(7,8)46(89)18-22-91(47,90)12)132-83-73(136-79-67(116)60(109)54(103)42(29-95)127-79)63(112)57(106)45(130-83)33-122-82-72(61(110)51(100)35(3)124-82)135-76-64(113)52(101)40(98)32-121-76/h13,15-16,34-36,39-74,76-84,93-118H,1,14,17-33H2,2-12H3/b37-15+/t34-,35-,36+,39+,40-,41-,42-,43-,44+,45-,46+,47-,48+,49+,50-,51+,52+,53-,54-,55-,56+,57-,58+,59+,60+,61+,62+,63+,64-,65-,66-,67-,68-,69-,70+,71+,72-,73-,74-,76+,77+,78+,79+,80+,81+,82-,83+,84+,88-,89+,90-,91-,92-/m1/s1. The van der Waals surface area contributed by atoms with Gasteiger partial charge in [0.05, 0.1) is 87.3 Å². The first-order valence-electron chi connectivity index (χ1n) is 48.2. The van der Waals surface area contributed by atoms with Gasteiger partial charge >= 0.3 is 11.9 Å². The van der Waals surface area contributed by atoms with Crippen LogP contribution < -0.4 is 0 Å². The lowest BCUT2D eigenvalue weighted by atomic mass is 9.33. The van der Waals surface area contributed by atoms with Crippen molar-refractivity contribution in [3.05, 3.63) is 36.0 Å². The summed E-state index contributed by atoms with van der Waals surface area (Å²) >= 11 is 0. The molecule has 9 saturated heterocycles. The number of esters is 2. The minimum Gasteiger partial charge on any atom is -0.458 e. The molecule has 5 aliphatic carbocycles. The van der Waals surface area contributed by atoms with Crippen LogP contribution in [0, 0.1) is 50.2 Å². The van der Waals surface area contributed by atoms with Crippen LogP contribution in [0.4, 0.5) is 0 Å². The Labute approximate surface area is 802 Å². The Balaban J connectivity index is 0.764. The predicted molar refractivity (Wildman–Crippen MR) is 460 cm³/mol. The first-order valence-corrected chi connectivity index (χ1v) is 48.2. The van der Waals surface area contributed by atoms with Crippen LogP contribution in [-0.2, 0) is 99.6 Å². The minimum absolute atomic E-state index is 0.00335. The van der Waals surface area contributed by atoms with E-state index in [0.29, 0.717) is 25.7 Å². The highest BCUT2D eigenvalue weighted by molar-refractivity contribution is 5.89. The van der Waals surface area contributed by atoms with Crippen molar-refractivity contribution < 1.29 is 232 Å². The van der Waals surface area contributed by atoms with Gasteiger partial charge in [0.25, 0.3) is 0 Å². The molecule has 9 heterocycles. The highest BCUT2D eigenvalue weighted by atomic mass is 16.8. The van der Waals surface area contributed by atoms with Crippen molar-refractivity contribution in [2.45, 2.75) is 429 Å². The molecule has 13 fully saturated rings. The molecule has 0 aromatic heterocycles. The van der Waals surface area contributed by atoms with E-state index in [0.717, 1.165) is 5.57 Å². The molecule has 139 heavy (non-hydrogen) atoms. The summed E-state index contributed by atoms with van der Waals surface area (Å²) < 4.78 is 117. The molecule has 47 nitrogen and oxygen atoms in total. The minimum atomic E-state index is -2.26. The van der Waals surface area contributed by atoms with E-state index in [4.69, 9.17) is 90.0 Å². The summed E-state index contributed by atoms with van der Waals surface area (Å²) in [7, 11) is 0. The predicted octanol–water partition coefficient (Wildman–Crippen LogP) is -8.40. The lowest BCUT2D eigenvalue weighted by molar-refractivity contribution is -0.390. The Morgan fingerprint density at radius 1 is 0.439 bits per heavy atom. The van der Waals surface area contributed by atoms with Crippen LogP contribution in [0.3, 0.4) is 0 Å². The summed E-state index contributed by atoms with van der Waals surface area (Å²) in [5.41, 5.74) is -6.38. The molecule has 4 saturated carbocycles. The van der Waals surface area contributed by atoms with Crippen molar-refractivity contribution in [2.24, 2.45) is 50.2 Å². The normalized spacial score (nSPS) is 51.6. The Hall–Kier alpha value is -3.56. The Morgan fingerprint density at radius 3 is 1.47 bits per heavy atom. The Bertz CT molecular complexity index is 4150. The molecule has 0 bridgehead atoms. The van der Waals surface area contributed by atoms with E-state index in [-0.39, 0.29) is 62.4 Å². The van der Waals surface area contributed by atoms with Crippen LogP contribution in [-0.4, -0.2) is 473 Å². The van der Waals surface area contributed by atoms with Crippen molar-refractivity contribution in [1.82, 2.24) is 0 Å². The number of fused-ring (bicyclic) bond motifs is 7. The Morgan fingerprint density at radius 2 is 0.899 bits per heavy atom. The number of rotatable bonds is 30. The van der Waals surface area contributed by atoms with Crippen LogP contribution in [0.5, 0.6) is 0 Å². The lowest BCUT2D eigenvalue weighted by Crippen LogP contribution is -2.68. The first-order chi connectivity index (χ1) is 65.3. The van der Waals surface area contributed by atoms with E-state index in [1.807, 2.05) is 27.7 Å². The molecule has 0 aromatic carbocycles. The monoisotopic (exact) mass is 2000 g/mol. The first kappa shape index (κ1) is 111. The smallest absolute Gasteiger partial charge is 0.336 e. The number of carbonyl (C=O) groups excluding carboxylic acids is 2. The van der Waals surface area contributed by atoms with Gasteiger partial charge in [-0.05, 0) is 131 Å². The topological polar surface area (TPSA) is 735 Å². The number of carbonyl (C=O) groups is 2. The number of aliphatic hydroxyl groups excluding tert-OH is 26. The van der Waals surface area contributed by atoms with Gasteiger partial charge in [-0.15, -0.1) is 6.58 Å². The molecule has 9 aliphatic heterocycles. The largest absolute Gasteiger partial charge is 0.458 e. The summed E-state index contributed by atoms with van der Waals surface area (Å²) in [6.45, 7) is 18.5. The fraction of sp³-hybridized carbons (Fsp3) is 0.913. The number of hydrogen-bond acceptors (Lipinski definition) is 47. The summed E-state index contributed by atoms with van der Waals surface area (Å²) in [6.07, 6.45) is -71.2. The molecule has 53 atom stereocenters. The second-order valence-corrected chi connectivity index (χ2v) is 42.7. The van der Waals surface area contributed by atoms with E-state index in [2.05, 4.69) is 33.4 Å². The van der Waals surface area contributed by atoms with Crippen LogP contribution in [0.1, 0.15) is 147 Å². The van der Waals surface area contributed by atoms with Crippen LogP contribution in [0.25, 0.3) is 0 Å². The maximum Gasteiger partial charge on any atom is 0.336 e.